The van der Waals surface area contributed by atoms with Crippen LogP contribution < -0.4 is 19.6 Å². The molecule has 5 nitrogen and oxygen atoms in total. The molecule has 0 N–H and O–H groups in total. The molecule has 0 amide bonds. The quantitative estimate of drug-likeness (QED) is 0.139. The highest BCUT2D eigenvalue weighted by Crippen LogP contribution is 2.33. The van der Waals surface area contributed by atoms with Gasteiger partial charge in [0.1, 0.15) is 54.3 Å². The van der Waals surface area contributed by atoms with Gasteiger partial charge in [-0.2, -0.15) is 0 Å². The molecule has 0 spiro atoms. The fourth-order valence-electron chi connectivity index (χ4n) is 4.56. The van der Waals surface area contributed by atoms with Gasteiger partial charge >= 0.3 is 0 Å². The molecule has 0 radical (unpaired) electrons. The molecule has 1 heterocycles. The van der Waals surface area contributed by atoms with Gasteiger partial charge in [0, 0.05) is 25.6 Å². The zero-order valence-electron chi connectivity index (χ0n) is 23.3. The van der Waals surface area contributed by atoms with E-state index < -0.39 is 0 Å². The number of benzene rings is 5. The lowest BCUT2D eigenvalue weighted by Crippen LogP contribution is -2.08. The maximum Gasteiger partial charge on any atom is 0.204 e. The molecule has 0 saturated heterocycles. The summed E-state index contributed by atoms with van der Waals surface area (Å²) in [6, 6.07) is 34.6. The van der Waals surface area contributed by atoms with Crippen molar-refractivity contribution in [2.45, 2.75) is 19.8 Å². The van der Waals surface area contributed by atoms with Crippen molar-refractivity contribution in [3.63, 3.8) is 0 Å². The molecule has 44 heavy (non-hydrogen) atoms. The summed E-state index contributed by atoms with van der Waals surface area (Å²) in [6.45, 7) is 1.06. The summed E-state index contributed by atoms with van der Waals surface area (Å²) in [6.07, 6.45) is 1.49. The van der Waals surface area contributed by atoms with Crippen molar-refractivity contribution in [1.29, 1.82) is 0 Å². The van der Waals surface area contributed by atoms with E-state index in [-0.39, 0.29) is 12.0 Å². The van der Waals surface area contributed by atoms with Crippen molar-refractivity contribution in [3.8, 4) is 28.4 Å². The van der Waals surface area contributed by atoms with Crippen LogP contribution in [0.25, 0.3) is 22.1 Å². The molecular formula is C36H25Br3O5. The number of halogens is 3. The molecule has 220 valence electrons. The maximum absolute atomic E-state index is 13.9. The topological polar surface area (TPSA) is 57.9 Å². The number of rotatable bonds is 10. The van der Waals surface area contributed by atoms with Gasteiger partial charge in [-0.1, -0.05) is 96.3 Å². The van der Waals surface area contributed by atoms with E-state index in [9.17, 15) is 4.79 Å². The lowest BCUT2D eigenvalue weighted by atomic mass is 10.0. The largest absolute Gasteiger partial charge is 0.489 e. The summed E-state index contributed by atoms with van der Waals surface area (Å²) in [4.78, 5) is 13.9. The van der Waals surface area contributed by atoms with E-state index in [0.29, 0.717) is 52.6 Å². The van der Waals surface area contributed by atoms with Crippen LogP contribution in [0.2, 0.25) is 0 Å². The molecule has 8 heteroatoms. The summed E-state index contributed by atoms with van der Waals surface area (Å²) < 4.78 is 27.3. The number of hydrogen-bond acceptors (Lipinski definition) is 5. The predicted molar refractivity (Wildman–Crippen MR) is 183 cm³/mol. The Hall–Kier alpha value is -3.85. The second-order valence-corrected chi connectivity index (χ2v) is 12.8. The first-order valence-electron chi connectivity index (χ1n) is 13.7. The van der Waals surface area contributed by atoms with E-state index in [1.165, 1.54) is 6.26 Å². The van der Waals surface area contributed by atoms with Crippen LogP contribution in [-0.2, 0) is 19.8 Å². The summed E-state index contributed by atoms with van der Waals surface area (Å²) in [5.74, 6) is 1.63. The molecule has 0 fully saturated rings. The zero-order valence-corrected chi connectivity index (χ0v) is 28.0. The van der Waals surface area contributed by atoms with Crippen LogP contribution in [0, 0.1) is 0 Å². The lowest BCUT2D eigenvalue weighted by Gasteiger charge is -2.13. The Balaban J connectivity index is 1.28. The Morgan fingerprint density at radius 2 is 1.02 bits per heavy atom. The van der Waals surface area contributed by atoms with Gasteiger partial charge in [0.2, 0.25) is 5.43 Å². The molecule has 0 bridgehead atoms. The summed E-state index contributed by atoms with van der Waals surface area (Å²) in [5.41, 5.74) is 4.35. The molecule has 0 unspecified atom stereocenters. The highest BCUT2D eigenvalue weighted by Gasteiger charge is 2.17. The predicted octanol–water partition coefficient (Wildman–Crippen LogP) is 10.5. The van der Waals surface area contributed by atoms with E-state index in [0.717, 1.165) is 30.1 Å². The third kappa shape index (κ3) is 7.44. The first-order chi connectivity index (χ1) is 21.4. The van der Waals surface area contributed by atoms with Gasteiger partial charge in [0.15, 0.2) is 0 Å². The van der Waals surface area contributed by atoms with Crippen LogP contribution >= 0.6 is 47.8 Å². The number of hydrogen-bond donors (Lipinski definition) is 0. The molecular weight excluding hydrogens is 752 g/mol. The molecule has 6 aromatic rings. The molecule has 5 aromatic carbocycles. The first-order valence-corrected chi connectivity index (χ1v) is 16.1. The summed E-state index contributed by atoms with van der Waals surface area (Å²) in [7, 11) is 0. The standard InChI is InChI=1S/C36H25Br3O5/c37-27-9-1-23(2-10-27)19-41-30-15-7-26(8-16-30)32-22-44-34-18-31(42-20-24-3-11-28(38)12-4-24)17-33(35(34)36(32)40)43-21-25-5-13-29(39)14-6-25/h1-18,22H,19-21H2. The average molecular weight is 777 g/mol. The highest BCUT2D eigenvalue weighted by molar-refractivity contribution is 9.11. The monoisotopic (exact) mass is 774 g/mol. The molecule has 6 rings (SSSR count). The fourth-order valence-corrected chi connectivity index (χ4v) is 5.35. The first kappa shape index (κ1) is 30.2. The molecule has 0 aliphatic rings. The highest BCUT2D eigenvalue weighted by atomic mass is 79.9. The van der Waals surface area contributed by atoms with Crippen LogP contribution in [-0.4, -0.2) is 0 Å². The molecule has 0 atom stereocenters. The minimum Gasteiger partial charge on any atom is -0.489 e. The SMILES string of the molecule is O=c1c(-c2ccc(OCc3ccc(Br)cc3)cc2)coc2cc(OCc3ccc(Br)cc3)cc(OCc3ccc(Br)cc3)c12. The second kappa shape index (κ2) is 13.8. The number of fused-ring (bicyclic) bond motifs is 1. The Morgan fingerprint density at radius 3 is 1.55 bits per heavy atom. The fraction of sp³-hybridized carbons (Fsp3) is 0.0833. The Morgan fingerprint density at radius 1 is 0.545 bits per heavy atom. The van der Waals surface area contributed by atoms with E-state index in [4.69, 9.17) is 18.6 Å². The van der Waals surface area contributed by atoms with Crippen LogP contribution in [0.4, 0.5) is 0 Å². The molecule has 0 aliphatic carbocycles. The molecule has 0 saturated carbocycles. The van der Waals surface area contributed by atoms with Crippen molar-refractivity contribution in [3.05, 3.63) is 156 Å². The van der Waals surface area contributed by atoms with E-state index in [2.05, 4.69) is 47.8 Å². The van der Waals surface area contributed by atoms with Gasteiger partial charge in [-0.25, -0.2) is 0 Å². The second-order valence-electron chi connectivity index (χ2n) is 10.0. The maximum atomic E-state index is 13.9. The van der Waals surface area contributed by atoms with Crippen molar-refractivity contribution in [2.24, 2.45) is 0 Å². The average Bonchev–Trinajstić information content (AvgIpc) is 3.04. The Bertz CT molecular complexity index is 1930. The van der Waals surface area contributed by atoms with Gasteiger partial charge in [-0.05, 0) is 70.8 Å². The Kier molecular flexibility index (Phi) is 9.50. The third-order valence-electron chi connectivity index (χ3n) is 6.93. The zero-order chi connectivity index (χ0) is 30.5. The van der Waals surface area contributed by atoms with Crippen molar-refractivity contribution < 1.29 is 18.6 Å². The van der Waals surface area contributed by atoms with Crippen molar-refractivity contribution >= 4 is 58.8 Å². The van der Waals surface area contributed by atoms with Gasteiger partial charge in [0.05, 0.1) is 5.56 Å². The smallest absolute Gasteiger partial charge is 0.204 e. The van der Waals surface area contributed by atoms with E-state index >= 15 is 0 Å². The molecule has 1 aromatic heterocycles. The van der Waals surface area contributed by atoms with Crippen LogP contribution in [0.1, 0.15) is 16.7 Å². The summed E-state index contributed by atoms with van der Waals surface area (Å²) in [5, 5.41) is 0.353. The summed E-state index contributed by atoms with van der Waals surface area (Å²) >= 11 is 10.4. The van der Waals surface area contributed by atoms with Gasteiger partial charge < -0.3 is 18.6 Å². The third-order valence-corrected chi connectivity index (χ3v) is 8.51. The van der Waals surface area contributed by atoms with Gasteiger partial charge in [0.25, 0.3) is 0 Å². The number of ether oxygens (including phenoxy) is 3. The Labute approximate surface area is 279 Å². The van der Waals surface area contributed by atoms with E-state index in [1.54, 1.807) is 12.1 Å². The van der Waals surface area contributed by atoms with Crippen LogP contribution in [0.15, 0.2) is 138 Å². The van der Waals surface area contributed by atoms with Crippen molar-refractivity contribution in [2.75, 3.05) is 0 Å². The van der Waals surface area contributed by atoms with Crippen molar-refractivity contribution in [1.82, 2.24) is 0 Å². The van der Waals surface area contributed by atoms with E-state index in [1.807, 2.05) is 97.1 Å². The van der Waals surface area contributed by atoms with Gasteiger partial charge in [-0.15, -0.1) is 0 Å². The minimum absolute atomic E-state index is 0.194. The molecule has 0 aliphatic heterocycles. The van der Waals surface area contributed by atoms with Crippen LogP contribution in [0.5, 0.6) is 17.2 Å². The lowest BCUT2D eigenvalue weighted by molar-refractivity contribution is 0.292. The van der Waals surface area contributed by atoms with Crippen LogP contribution in [0.3, 0.4) is 0 Å². The normalized spacial score (nSPS) is 11.0. The van der Waals surface area contributed by atoms with Gasteiger partial charge in [-0.3, -0.25) is 4.79 Å². The minimum atomic E-state index is -0.194.